The second kappa shape index (κ2) is 6.05. The molecule has 2 nitrogen and oxygen atoms in total. The summed E-state index contributed by atoms with van der Waals surface area (Å²) in [7, 11) is 0. The summed E-state index contributed by atoms with van der Waals surface area (Å²) in [5, 5.41) is 3.73. The molecule has 21 heavy (non-hydrogen) atoms. The van der Waals surface area contributed by atoms with Crippen molar-refractivity contribution in [2.45, 2.75) is 59.2 Å². The van der Waals surface area contributed by atoms with Gasteiger partial charge in [-0.3, -0.25) is 4.90 Å². The zero-order valence-corrected chi connectivity index (χ0v) is 14.0. The molecule has 1 aromatic carbocycles. The van der Waals surface area contributed by atoms with Crippen LogP contribution in [0.4, 0.5) is 4.39 Å². The summed E-state index contributed by atoms with van der Waals surface area (Å²) in [6.45, 7) is 14.4. The van der Waals surface area contributed by atoms with E-state index in [1.165, 1.54) is 5.56 Å². The smallest absolute Gasteiger partial charge is 0.123 e. The number of hydrogen-bond donors (Lipinski definition) is 1. The molecule has 3 heteroatoms. The van der Waals surface area contributed by atoms with Crippen LogP contribution in [0.25, 0.3) is 0 Å². The highest BCUT2D eigenvalue weighted by molar-refractivity contribution is 5.16. The van der Waals surface area contributed by atoms with Gasteiger partial charge in [0.25, 0.3) is 0 Å². The van der Waals surface area contributed by atoms with Gasteiger partial charge in [-0.05, 0) is 36.5 Å². The van der Waals surface area contributed by atoms with E-state index in [2.05, 4.69) is 44.8 Å². The molecule has 0 radical (unpaired) electrons. The second-order valence-corrected chi connectivity index (χ2v) is 7.71. The van der Waals surface area contributed by atoms with E-state index in [0.29, 0.717) is 6.04 Å². The molecule has 1 heterocycles. The molecule has 0 bridgehead atoms. The largest absolute Gasteiger partial charge is 0.309 e. The Hall–Kier alpha value is -0.930. The van der Waals surface area contributed by atoms with Gasteiger partial charge in [-0.2, -0.15) is 0 Å². The number of benzene rings is 1. The lowest BCUT2D eigenvalue weighted by atomic mass is 9.81. The predicted molar refractivity (Wildman–Crippen MR) is 86.8 cm³/mol. The first-order valence-corrected chi connectivity index (χ1v) is 7.97. The van der Waals surface area contributed by atoms with Gasteiger partial charge in [0.1, 0.15) is 5.82 Å². The first kappa shape index (κ1) is 16.4. The standard InChI is InChI=1S/C18H29FN2/c1-6-18(5)13-21(16(11-20-18)17(2,3)4)12-14-7-9-15(19)10-8-14/h7-10,16,20H,6,11-13H2,1-5H3. The minimum absolute atomic E-state index is 0.162. The zero-order chi connectivity index (χ0) is 15.7. The Kier molecular flexibility index (Phi) is 4.74. The molecule has 0 spiro atoms. The summed E-state index contributed by atoms with van der Waals surface area (Å²) in [6, 6.07) is 7.41. The fraction of sp³-hybridized carbons (Fsp3) is 0.667. The van der Waals surface area contributed by atoms with Gasteiger partial charge in [0.05, 0.1) is 0 Å². The highest BCUT2D eigenvalue weighted by Gasteiger charge is 2.39. The molecule has 1 aliphatic rings. The second-order valence-electron chi connectivity index (χ2n) is 7.71. The maximum Gasteiger partial charge on any atom is 0.123 e. The molecule has 0 amide bonds. The first-order chi connectivity index (χ1) is 9.73. The summed E-state index contributed by atoms with van der Waals surface area (Å²) in [6.07, 6.45) is 1.11. The number of halogens is 1. The normalized spacial score (nSPS) is 27.8. The fourth-order valence-corrected chi connectivity index (χ4v) is 3.17. The monoisotopic (exact) mass is 292 g/mol. The topological polar surface area (TPSA) is 15.3 Å². The van der Waals surface area contributed by atoms with Crippen molar-refractivity contribution in [3.8, 4) is 0 Å². The lowest BCUT2D eigenvalue weighted by molar-refractivity contribution is 0.0204. The van der Waals surface area contributed by atoms with E-state index in [4.69, 9.17) is 0 Å². The summed E-state index contributed by atoms with van der Waals surface area (Å²) in [4.78, 5) is 2.56. The Morgan fingerprint density at radius 1 is 1.29 bits per heavy atom. The van der Waals surface area contributed by atoms with Crippen LogP contribution in [0, 0.1) is 11.2 Å². The lowest BCUT2D eigenvalue weighted by Crippen LogP contribution is -2.65. The van der Waals surface area contributed by atoms with E-state index >= 15 is 0 Å². The molecule has 0 aromatic heterocycles. The van der Waals surface area contributed by atoms with E-state index in [9.17, 15) is 4.39 Å². The van der Waals surface area contributed by atoms with Crippen molar-refractivity contribution in [3.63, 3.8) is 0 Å². The summed E-state index contributed by atoms with van der Waals surface area (Å²) >= 11 is 0. The van der Waals surface area contributed by atoms with Crippen molar-refractivity contribution in [3.05, 3.63) is 35.6 Å². The Balaban J connectivity index is 2.18. The Bertz CT molecular complexity index is 463. The number of rotatable bonds is 3. The van der Waals surface area contributed by atoms with Gasteiger partial charge in [0.15, 0.2) is 0 Å². The number of nitrogens with one attached hydrogen (secondary N) is 1. The minimum Gasteiger partial charge on any atom is -0.309 e. The van der Waals surface area contributed by atoms with Crippen LogP contribution >= 0.6 is 0 Å². The third-order valence-electron chi connectivity index (χ3n) is 4.79. The van der Waals surface area contributed by atoms with Gasteiger partial charge in [-0.15, -0.1) is 0 Å². The molecule has 1 N–H and O–H groups in total. The van der Waals surface area contributed by atoms with Crippen molar-refractivity contribution in [2.24, 2.45) is 5.41 Å². The summed E-state index contributed by atoms with van der Waals surface area (Å²) < 4.78 is 13.1. The molecule has 1 aliphatic heterocycles. The van der Waals surface area contributed by atoms with Crippen molar-refractivity contribution in [2.75, 3.05) is 13.1 Å². The van der Waals surface area contributed by atoms with Crippen LogP contribution in [0.2, 0.25) is 0 Å². The van der Waals surface area contributed by atoms with Crippen LogP contribution in [0.5, 0.6) is 0 Å². The number of piperazine rings is 1. The highest BCUT2D eigenvalue weighted by Crippen LogP contribution is 2.31. The van der Waals surface area contributed by atoms with Gasteiger partial charge in [-0.25, -0.2) is 4.39 Å². The van der Waals surface area contributed by atoms with Gasteiger partial charge >= 0.3 is 0 Å². The van der Waals surface area contributed by atoms with Gasteiger partial charge in [0, 0.05) is 31.2 Å². The molecule has 0 aliphatic carbocycles. The number of hydrogen-bond acceptors (Lipinski definition) is 2. The van der Waals surface area contributed by atoms with E-state index in [0.717, 1.165) is 26.1 Å². The Labute approximate surface area is 128 Å². The van der Waals surface area contributed by atoms with Gasteiger partial charge in [-0.1, -0.05) is 39.8 Å². The third-order valence-corrected chi connectivity index (χ3v) is 4.79. The van der Waals surface area contributed by atoms with Crippen LogP contribution < -0.4 is 5.32 Å². The van der Waals surface area contributed by atoms with E-state index in [-0.39, 0.29) is 16.8 Å². The van der Waals surface area contributed by atoms with Crippen LogP contribution in [-0.2, 0) is 6.54 Å². The maximum atomic E-state index is 13.1. The van der Waals surface area contributed by atoms with E-state index < -0.39 is 0 Å². The molecule has 0 saturated carbocycles. The predicted octanol–water partition coefficient (Wildman–Crippen LogP) is 3.81. The molecule has 2 unspecified atom stereocenters. The molecule has 2 atom stereocenters. The molecule has 1 fully saturated rings. The lowest BCUT2D eigenvalue weighted by Gasteiger charge is -2.50. The maximum absolute atomic E-state index is 13.1. The van der Waals surface area contributed by atoms with Crippen LogP contribution in [0.15, 0.2) is 24.3 Å². The highest BCUT2D eigenvalue weighted by atomic mass is 19.1. The van der Waals surface area contributed by atoms with Crippen molar-refractivity contribution >= 4 is 0 Å². The van der Waals surface area contributed by atoms with Gasteiger partial charge in [0.2, 0.25) is 0 Å². The van der Waals surface area contributed by atoms with E-state index in [1.54, 1.807) is 12.1 Å². The molecular weight excluding hydrogens is 263 g/mol. The third kappa shape index (κ3) is 4.04. The average Bonchev–Trinajstić information content (AvgIpc) is 2.40. The number of nitrogens with zero attached hydrogens (tertiary/aromatic N) is 1. The summed E-state index contributed by atoms with van der Waals surface area (Å²) in [5.74, 6) is -0.162. The SMILES string of the molecule is CCC1(C)CN(Cc2ccc(F)cc2)C(C(C)(C)C)CN1. The quantitative estimate of drug-likeness (QED) is 0.911. The van der Waals surface area contributed by atoms with Crippen molar-refractivity contribution in [1.82, 2.24) is 10.2 Å². The Morgan fingerprint density at radius 2 is 1.90 bits per heavy atom. The van der Waals surface area contributed by atoms with Crippen LogP contribution in [0.1, 0.15) is 46.6 Å². The average molecular weight is 292 g/mol. The van der Waals surface area contributed by atoms with Crippen molar-refractivity contribution in [1.29, 1.82) is 0 Å². The molecular formula is C18H29FN2. The molecule has 118 valence electrons. The Morgan fingerprint density at radius 3 is 2.43 bits per heavy atom. The molecule has 2 rings (SSSR count). The van der Waals surface area contributed by atoms with Crippen molar-refractivity contribution < 1.29 is 4.39 Å². The zero-order valence-electron chi connectivity index (χ0n) is 14.0. The fourth-order valence-electron chi connectivity index (χ4n) is 3.17. The van der Waals surface area contributed by atoms with Gasteiger partial charge < -0.3 is 5.32 Å². The van der Waals surface area contributed by atoms with Crippen LogP contribution in [-0.4, -0.2) is 29.6 Å². The van der Waals surface area contributed by atoms with Crippen LogP contribution in [0.3, 0.4) is 0 Å². The molecule has 1 aromatic rings. The molecule has 1 saturated heterocycles. The van der Waals surface area contributed by atoms with E-state index in [1.807, 2.05) is 12.1 Å². The summed E-state index contributed by atoms with van der Waals surface area (Å²) in [5.41, 5.74) is 1.58. The minimum atomic E-state index is -0.162. The first-order valence-electron chi connectivity index (χ1n) is 7.97.